The van der Waals surface area contributed by atoms with E-state index < -0.39 is 0 Å². The van der Waals surface area contributed by atoms with Crippen LogP contribution in [0.4, 0.5) is 5.69 Å². The minimum atomic E-state index is 0.564. The molecule has 0 aliphatic carbocycles. The van der Waals surface area contributed by atoms with Crippen LogP contribution in [0.3, 0.4) is 0 Å². The molecular weight excluding hydrogens is 262 g/mol. The number of aryl methyl sites for hydroxylation is 1. The van der Waals surface area contributed by atoms with E-state index in [1.54, 1.807) is 25.3 Å². The Balaban J connectivity index is 2.30. The van der Waals surface area contributed by atoms with Gasteiger partial charge in [-0.05, 0) is 42.3 Å². The first-order valence-corrected chi connectivity index (χ1v) is 6.41. The van der Waals surface area contributed by atoms with Gasteiger partial charge in [-0.2, -0.15) is 0 Å². The van der Waals surface area contributed by atoms with E-state index in [0.29, 0.717) is 22.9 Å². The first kappa shape index (κ1) is 13.6. The van der Waals surface area contributed by atoms with Crippen LogP contribution in [0.1, 0.15) is 12.5 Å². The first-order chi connectivity index (χ1) is 9.13. The van der Waals surface area contributed by atoms with E-state index in [1.165, 1.54) is 0 Å². The van der Waals surface area contributed by atoms with E-state index in [-0.39, 0.29) is 0 Å². The summed E-state index contributed by atoms with van der Waals surface area (Å²) in [5, 5.41) is 0.744. The second-order valence-electron chi connectivity index (χ2n) is 4.11. The maximum atomic E-state index is 6.08. The number of anilines is 1. The summed E-state index contributed by atoms with van der Waals surface area (Å²) >= 11 is 6.08. The predicted molar refractivity (Wildman–Crippen MR) is 78.3 cm³/mol. The van der Waals surface area contributed by atoms with Gasteiger partial charge in [0.15, 0.2) is 5.75 Å². The summed E-state index contributed by atoms with van der Waals surface area (Å²) in [5.74, 6) is 1.99. The fraction of sp³-hybridized carbons (Fsp3) is 0.200. The summed E-state index contributed by atoms with van der Waals surface area (Å²) in [6.45, 7) is 2.05. The van der Waals surface area contributed by atoms with Gasteiger partial charge in [-0.25, -0.2) is 0 Å². The number of halogens is 1. The Bertz CT molecular complexity index is 584. The lowest BCUT2D eigenvalue weighted by molar-refractivity contribution is 0.409. The Labute approximate surface area is 117 Å². The maximum Gasteiger partial charge on any atom is 0.153 e. The van der Waals surface area contributed by atoms with E-state index in [2.05, 4.69) is 0 Å². The molecule has 2 aromatic carbocycles. The van der Waals surface area contributed by atoms with Crippen molar-refractivity contribution in [1.82, 2.24) is 0 Å². The SMILES string of the molecule is CCc1cc(Oc2cc(OC)ccc2N)ccc1Cl. The van der Waals surface area contributed by atoms with Crippen LogP contribution >= 0.6 is 11.6 Å². The zero-order chi connectivity index (χ0) is 13.8. The van der Waals surface area contributed by atoms with E-state index in [1.807, 2.05) is 25.1 Å². The average Bonchev–Trinajstić information content (AvgIpc) is 2.43. The minimum absolute atomic E-state index is 0.564. The topological polar surface area (TPSA) is 44.5 Å². The second kappa shape index (κ2) is 5.85. The average molecular weight is 278 g/mol. The van der Waals surface area contributed by atoms with Crippen molar-refractivity contribution in [2.24, 2.45) is 0 Å². The molecular formula is C15H16ClNO2. The minimum Gasteiger partial charge on any atom is -0.497 e. The summed E-state index contributed by atoms with van der Waals surface area (Å²) in [7, 11) is 1.60. The van der Waals surface area contributed by atoms with Crippen LogP contribution in [0.15, 0.2) is 36.4 Å². The Hall–Kier alpha value is -1.87. The Morgan fingerprint density at radius 1 is 1.11 bits per heavy atom. The number of hydrogen-bond acceptors (Lipinski definition) is 3. The van der Waals surface area contributed by atoms with Crippen LogP contribution < -0.4 is 15.2 Å². The van der Waals surface area contributed by atoms with Gasteiger partial charge in [-0.15, -0.1) is 0 Å². The molecule has 0 amide bonds. The fourth-order valence-electron chi connectivity index (χ4n) is 1.74. The van der Waals surface area contributed by atoms with Crippen molar-refractivity contribution in [3.8, 4) is 17.2 Å². The van der Waals surface area contributed by atoms with Gasteiger partial charge in [0.05, 0.1) is 12.8 Å². The molecule has 2 N–H and O–H groups in total. The van der Waals surface area contributed by atoms with Crippen molar-refractivity contribution in [2.75, 3.05) is 12.8 Å². The highest BCUT2D eigenvalue weighted by molar-refractivity contribution is 6.31. The van der Waals surface area contributed by atoms with Crippen LogP contribution in [0, 0.1) is 0 Å². The number of nitrogen functional groups attached to an aromatic ring is 1. The third kappa shape index (κ3) is 3.12. The molecule has 0 aliphatic heterocycles. The van der Waals surface area contributed by atoms with Gasteiger partial charge in [0, 0.05) is 11.1 Å². The Kier molecular flexibility index (Phi) is 4.17. The molecule has 0 atom stereocenters. The van der Waals surface area contributed by atoms with E-state index in [9.17, 15) is 0 Å². The van der Waals surface area contributed by atoms with Crippen molar-refractivity contribution >= 4 is 17.3 Å². The van der Waals surface area contributed by atoms with Crippen LogP contribution in [0.2, 0.25) is 5.02 Å². The molecule has 0 saturated heterocycles. The third-order valence-corrected chi connectivity index (χ3v) is 3.22. The molecule has 2 rings (SSSR count). The third-order valence-electron chi connectivity index (χ3n) is 2.85. The quantitative estimate of drug-likeness (QED) is 0.848. The lowest BCUT2D eigenvalue weighted by Crippen LogP contribution is -1.94. The number of ether oxygens (including phenoxy) is 2. The molecule has 2 aromatic rings. The van der Waals surface area contributed by atoms with Gasteiger partial charge in [0.25, 0.3) is 0 Å². The molecule has 19 heavy (non-hydrogen) atoms. The van der Waals surface area contributed by atoms with E-state index in [0.717, 1.165) is 17.0 Å². The molecule has 3 nitrogen and oxygen atoms in total. The van der Waals surface area contributed by atoms with Gasteiger partial charge in [0.2, 0.25) is 0 Å². The fourth-order valence-corrected chi connectivity index (χ4v) is 1.99. The number of methoxy groups -OCH3 is 1. The normalized spacial score (nSPS) is 10.3. The standard InChI is InChI=1S/C15H16ClNO2/c1-3-10-8-12(4-6-13(10)16)19-15-9-11(18-2)5-7-14(15)17/h4-9H,3,17H2,1-2H3. The summed E-state index contributed by atoms with van der Waals surface area (Å²) in [6.07, 6.45) is 0.851. The number of hydrogen-bond donors (Lipinski definition) is 1. The number of benzene rings is 2. The molecule has 0 fully saturated rings. The Morgan fingerprint density at radius 3 is 2.53 bits per heavy atom. The van der Waals surface area contributed by atoms with Crippen LogP contribution in [0.25, 0.3) is 0 Å². The zero-order valence-electron chi connectivity index (χ0n) is 10.9. The van der Waals surface area contributed by atoms with Crippen molar-refractivity contribution < 1.29 is 9.47 Å². The van der Waals surface area contributed by atoms with Crippen molar-refractivity contribution in [1.29, 1.82) is 0 Å². The van der Waals surface area contributed by atoms with Crippen molar-refractivity contribution in [3.63, 3.8) is 0 Å². The largest absolute Gasteiger partial charge is 0.497 e. The molecule has 100 valence electrons. The highest BCUT2D eigenvalue weighted by Gasteiger charge is 2.06. The predicted octanol–water partition coefficient (Wildman–Crippen LogP) is 4.29. The van der Waals surface area contributed by atoms with Crippen LogP contribution in [-0.4, -0.2) is 7.11 Å². The lowest BCUT2D eigenvalue weighted by atomic mass is 10.1. The summed E-state index contributed by atoms with van der Waals surface area (Å²) < 4.78 is 10.9. The smallest absolute Gasteiger partial charge is 0.153 e. The van der Waals surface area contributed by atoms with Crippen LogP contribution in [0.5, 0.6) is 17.2 Å². The molecule has 0 aromatic heterocycles. The molecule has 4 heteroatoms. The van der Waals surface area contributed by atoms with E-state index in [4.69, 9.17) is 26.8 Å². The first-order valence-electron chi connectivity index (χ1n) is 6.04. The monoisotopic (exact) mass is 277 g/mol. The number of nitrogens with two attached hydrogens (primary N) is 1. The summed E-state index contributed by atoms with van der Waals surface area (Å²) in [6, 6.07) is 10.9. The van der Waals surface area contributed by atoms with Gasteiger partial charge >= 0.3 is 0 Å². The van der Waals surface area contributed by atoms with Gasteiger partial charge in [-0.1, -0.05) is 18.5 Å². The molecule has 0 heterocycles. The van der Waals surface area contributed by atoms with Crippen molar-refractivity contribution in [2.45, 2.75) is 13.3 Å². The highest BCUT2D eigenvalue weighted by atomic mass is 35.5. The van der Waals surface area contributed by atoms with Gasteiger partial charge in [0.1, 0.15) is 11.5 Å². The molecule has 0 spiro atoms. The van der Waals surface area contributed by atoms with Crippen LogP contribution in [-0.2, 0) is 6.42 Å². The second-order valence-corrected chi connectivity index (χ2v) is 4.52. The lowest BCUT2D eigenvalue weighted by Gasteiger charge is -2.11. The zero-order valence-corrected chi connectivity index (χ0v) is 11.7. The number of rotatable bonds is 4. The Morgan fingerprint density at radius 2 is 1.84 bits per heavy atom. The molecule has 0 saturated carbocycles. The summed E-state index contributed by atoms with van der Waals surface area (Å²) in [4.78, 5) is 0. The molecule has 0 radical (unpaired) electrons. The highest BCUT2D eigenvalue weighted by Crippen LogP contribution is 2.32. The maximum absolute atomic E-state index is 6.08. The van der Waals surface area contributed by atoms with Gasteiger partial charge < -0.3 is 15.2 Å². The molecule has 0 bridgehead atoms. The van der Waals surface area contributed by atoms with Gasteiger partial charge in [-0.3, -0.25) is 0 Å². The van der Waals surface area contributed by atoms with Crippen molar-refractivity contribution in [3.05, 3.63) is 47.0 Å². The molecule has 0 unspecified atom stereocenters. The molecule has 0 aliphatic rings. The summed E-state index contributed by atoms with van der Waals surface area (Å²) in [5.41, 5.74) is 7.49. The van der Waals surface area contributed by atoms with E-state index >= 15 is 0 Å².